The van der Waals surface area contributed by atoms with E-state index in [-0.39, 0.29) is 28.3 Å². The van der Waals surface area contributed by atoms with Crippen molar-refractivity contribution in [3.63, 3.8) is 0 Å². The molecule has 0 fully saturated rings. The van der Waals surface area contributed by atoms with Crippen LogP contribution in [0.15, 0.2) is 42.6 Å². The zero-order valence-electron chi connectivity index (χ0n) is 10.1. The molecule has 0 atom stereocenters. The van der Waals surface area contributed by atoms with Gasteiger partial charge < -0.3 is 0 Å². The maximum absolute atomic E-state index is 13.3. The van der Waals surface area contributed by atoms with Crippen molar-refractivity contribution >= 4 is 17.2 Å². The average molecular weight is 266 g/mol. The van der Waals surface area contributed by atoms with E-state index in [1.54, 1.807) is 28.8 Å². The Bertz CT molecular complexity index is 911. The molecule has 2 aromatic heterocycles. The zero-order valence-corrected chi connectivity index (χ0v) is 10.1. The lowest BCUT2D eigenvalue weighted by molar-refractivity contribution is 0.0972. The van der Waals surface area contributed by atoms with Gasteiger partial charge in [-0.2, -0.15) is 0 Å². The van der Waals surface area contributed by atoms with E-state index in [1.165, 1.54) is 12.1 Å². The van der Waals surface area contributed by atoms with Gasteiger partial charge >= 0.3 is 0 Å². The number of rotatable bonds is 0. The summed E-state index contributed by atoms with van der Waals surface area (Å²) < 4.78 is 14.9. The molecule has 3 aromatic rings. The van der Waals surface area contributed by atoms with E-state index in [0.717, 1.165) is 6.07 Å². The van der Waals surface area contributed by atoms with E-state index in [9.17, 15) is 14.0 Å². The molecule has 1 aliphatic rings. The predicted molar refractivity (Wildman–Crippen MR) is 68.5 cm³/mol. The number of fused-ring (bicyclic) bond motifs is 4. The second kappa shape index (κ2) is 3.60. The van der Waals surface area contributed by atoms with Gasteiger partial charge in [0.15, 0.2) is 0 Å². The van der Waals surface area contributed by atoms with Gasteiger partial charge in [0.25, 0.3) is 0 Å². The minimum Gasteiger partial charge on any atom is -0.296 e. The predicted octanol–water partition coefficient (Wildman–Crippen LogP) is 2.25. The van der Waals surface area contributed by atoms with Crippen molar-refractivity contribution in [3.05, 3.63) is 70.9 Å². The molecule has 0 aliphatic heterocycles. The molecule has 2 heterocycles. The van der Waals surface area contributed by atoms with Crippen LogP contribution < -0.4 is 0 Å². The summed E-state index contributed by atoms with van der Waals surface area (Å²) in [7, 11) is 0. The largest absolute Gasteiger partial charge is 0.296 e. The quantitative estimate of drug-likeness (QED) is 0.490. The van der Waals surface area contributed by atoms with Gasteiger partial charge in [0.1, 0.15) is 22.9 Å². The molecule has 0 amide bonds. The smallest absolute Gasteiger partial charge is 0.214 e. The second-order valence-electron chi connectivity index (χ2n) is 4.59. The van der Waals surface area contributed by atoms with Crippen LogP contribution in [0, 0.1) is 5.82 Å². The highest BCUT2D eigenvalue weighted by atomic mass is 19.1. The van der Waals surface area contributed by atoms with Crippen molar-refractivity contribution in [2.45, 2.75) is 0 Å². The highest BCUT2D eigenvalue weighted by Gasteiger charge is 2.34. The lowest BCUT2D eigenvalue weighted by Crippen LogP contribution is -2.22. The number of halogens is 1. The topological polar surface area (TPSA) is 51.4 Å². The monoisotopic (exact) mass is 266 g/mol. The molecular formula is C15H7FN2O2. The lowest BCUT2D eigenvalue weighted by Gasteiger charge is -2.13. The summed E-state index contributed by atoms with van der Waals surface area (Å²) in [5, 5.41) is 0. The first-order chi connectivity index (χ1) is 9.66. The van der Waals surface area contributed by atoms with Crippen LogP contribution in [-0.4, -0.2) is 21.0 Å². The van der Waals surface area contributed by atoms with Crippen molar-refractivity contribution in [2.24, 2.45) is 0 Å². The normalized spacial score (nSPS) is 13.4. The molecule has 0 saturated heterocycles. The van der Waals surface area contributed by atoms with Gasteiger partial charge in [-0.15, -0.1) is 0 Å². The third-order valence-corrected chi connectivity index (χ3v) is 3.43. The Morgan fingerprint density at radius 2 is 1.85 bits per heavy atom. The molecule has 20 heavy (non-hydrogen) atoms. The Hall–Kier alpha value is -2.82. The summed E-state index contributed by atoms with van der Waals surface area (Å²) in [4.78, 5) is 29.1. The summed E-state index contributed by atoms with van der Waals surface area (Å²) in [6.07, 6.45) is 1.68. The maximum Gasteiger partial charge on any atom is 0.214 e. The number of aromatic nitrogens is 2. The van der Waals surface area contributed by atoms with Gasteiger partial charge in [0.05, 0.1) is 0 Å². The Morgan fingerprint density at radius 1 is 1.00 bits per heavy atom. The van der Waals surface area contributed by atoms with Crippen LogP contribution in [0.3, 0.4) is 0 Å². The van der Waals surface area contributed by atoms with Gasteiger partial charge in [-0.1, -0.05) is 6.07 Å². The molecule has 0 unspecified atom stereocenters. The van der Waals surface area contributed by atoms with Crippen LogP contribution in [0.4, 0.5) is 4.39 Å². The molecule has 0 spiro atoms. The van der Waals surface area contributed by atoms with Crippen LogP contribution in [-0.2, 0) is 0 Å². The fourth-order valence-electron chi connectivity index (χ4n) is 2.53. The molecule has 0 radical (unpaired) electrons. The van der Waals surface area contributed by atoms with Crippen molar-refractivity contribution in [2.75, 3.05) is 0 Å². The standard InChI is InChI=1S/C15H7FN2O2/c16-8-4-5-9-10(7-8)14(19)12-13(15(9)20)18-6-2-1-3-11(18)17-12/h1-7H. The number of pyridine rings is 1. The van der Waals surface area contributed by atoms with Crippen LogP contribution in [0.2, 0.25) is 0 Å². The molecule has 0 saturated carbocycles. The van der Waals surface area contributed by atoms with E-state index in [0.29, 0.717) is 5.65 Å². The number of hydrogen-bond acceptors (Lipinski definition) is 3. The van der Waals surface area contributed by atoms with E-state index < -0.39 is 11.6 Å². The molecule has 1 aromatic carbocycles. The highest BCUT2D eigenvalue weighted by molar-refractivity contribution is 6.27. The second-order valence-corrected chi connectivity index (χ2v) is 4.59. The SMILES string of the molecule is O=C1c2cc(F)ccc2C(=O)c2c1nc1ccccn21. The number of benzene rings is 1. The Morgan fingerprint density at radius 3 is 2.70 bits per heavy atom. The summed E-state index contributed by atoms with van der Waals surface area (Å²) >= 11 is 0. The molecule has 96 valence electrons. The highest BCUT2D eigenvalue weighted by Crippen LogP contribution is 2.28. The van der Waals surface area contributed by atoms with Gasteiger partial charge in [0, 0.05) is 17.3 Å². The first-order valence-electron chi connectivity index (χ1n) is 6.03. The van der Waals surface area contributed by atoms with Crippen LogP contribution in [0.5, 0.6) is 0 Å². The average Bonchev–Trinajstić information content (AvgIpc) is 2.84. The fraction of sp³-hybridized carbons (Fsp3) is 0. The van der Waals surface area contributed by atoms with Gasteiger partial charge in [-0.25, -0.2) is 9.37 Å². The molecule has 1 aliphatic carbocycles. The van der Waals surface area contributed by atoms with Crippen LogP contribution in [0.1, 0.15) is 32.1 Å². The van der Waals surface area contributed by atoms with Gasteiger partial charge in [-0.3, -0.25) is 14.0 Å². The van der Waals surface area contributed by atoms with Crippen LogP contribution in [0.25, 0.3) is 5.65 Å². The number of nitrogens with zero attached hydrogens (tertiary/aromatic N) is 2. The summed E-state index contributed by atoms with van der Waals surface area (Å²) in [5.41, 5.74) is 1.14. The Balaban J connectivity index is 2.11. The van der Waals surface area contributed by atoms with E-state index >= 15 is 0 Å². The van der Waals surface area contributed by atoms with Crippen molar-refractivity contribution in [1.29, 1.82) is 0 Å². The number of carbonyl (C=O) groups excluding carboxylic acids is 2. The van der Waals surface area contributed by atoms with Crippen LogP contribution >= 0.6 is 0 Å². The third-order valence-electron chi connectivity index (χ3n) is 3.43. The molecule has 0 N–H and O–H groups in total. The number of imidazole rings is 1. The first-order valence-corrected chi connectivity index (χ1v) is 6.03. The summed E-state index contributed by atoms with van der Waals surface area (Å²) in [6, 6.07) is 8.85. The van der Waals surface area contributed by atoms with Crippen molar-refractivity contribution in [1.82, 2.24) is 9.38 Å². The Labute approximate surface area is 112 Å². The van der Waals surface area contributed by atoms with E-state index in [1.807, 2.05) is 0 Å². The van der Waals surface area contributed by atoms with Crippen molar-refractivity contribution < 1.29 is 14.0 Å². The molecule has 0 bridgehead atoms. The lowest BCUT2D eigenvalue weighted by atomic mass is 9.90. The van der Waals surface area contributed by atoms with Crippen molar-refractivity contribution in [3.8, 4) is 0 Å². The molecule has 4 rings (SSSR count). The summed E-state index contributed by atoms with van der Waals surface area (Å²) in [5.74, 6) is -1.27. The van der Waals surface area contributed by atoms with Gasteiger partial charge in [0.2, 0.25) is 11.6 Å². The number of hydrogen-bond donors (Lipinski definition) is 0. The molecule has 5 heteroatoms. The maximum atomic E-state index is 13.3. The Kier molecular flexibility index (Phi) is 1.99. The number of carbonyl (C=O) groups is 2. The van der Waals surface area contributed by atoms with E-state index in [2.05, 4.69) is 4.98 Å². The number of ketones is 2. The zero-order chi connectivity index (χ0) is 13.9. The third kappa shape index (κ3) is 1.26. The minimum absolute atomic E-state index is 0.0749. The first kappa shape index (κ1) is 11.0. The molecule has 4 nitrogen and oxygen atoms in total. The van der Waals surface area contributed by atoms with E-state index in [4.69, 9.17) is 0 Å². The fourth-order valence-corrected chi connectivity index (χ4v) is 2.53. The minimum atomic E-state index is -0.544. The van der Waals surface area contributed by atoms with Gasteiger partial charge in [-0.05, 0) is 30.3 Å². The summed E-state index contributed by atoms with van der Waals surface area (Å²) in [6.45, 7) is 0. The molecular weight excluding hydrogens is 259 g/mol.